The van der Waals surface area contributed by atoms with Gasteiger partial charge in [0.25, 0.3) is 0 Å². The fourth-order valence-electron chi connectivity index (χ4n) is 6.12. The van der Waals surface area contributed by atoms with Gasteiger partial charge in [-0.3, -0.25) is 15.1 Å². The molecule has 3 aromatic heterocycles. The highest BCUT2D eigenvalue weighted by atomic mass is 16.5. The van der Waals surface area contributed by atoms with Crippen LogP contribution in [0.5, 0.6) is 11.5 Å². The van der Waals surface area contributed by atoms with E-state index in [1.807, 2.05) is 24.7 Å². The summed E-state index contributed by atoms with van der Waals surface area (Å²) in [5.41, 5.74) is 8.43. The smallest absolute Gasteiger partial charge is 0.176 e. The van der Waals surface area contributed by atoms with Gasteiger partial charge in [-0.05, 0) is 71.6 Å². The van der Waals surface area contributed by atoms with Gasteiger partial charge in [-0.15, -0.1) is 0 Å². The summed E-state index contributed by atoms with van der Waals surface area (Å²) < 4.78 is 18.2. The summed E-state index contributed by atoms with van der Waals surface area (Å²) >= 11 is 0. The Kier molecular flexibility index (Phi) is 6.94. The molecule has 6 aromatic rings. The van der Waals surface area contributed by atoms with Crippen LogP contribution >= 0.6 is 0 Å². The Labute approximate surface area is 254 Å². The molecule has 0 unspecified atom stereocenters. The quantitative estimate of drug-likeness (QED) is 0.207. The first-order chi connectivity index (χ1) is 21.7. The molecule has 0 bridgehead atoms. The van der Waals surface area contributed by atoms with Crippen LogP contribution in [0.1, 0.15) is 5.56 Å². The van der Waals surface area contributed by atoms with E-state index in [0.29, 0.717) is 19.8 Å². The van der Waals surface area contributed by atoms with Gasteiger partial charge in [-0.25, -0.2) is 4.98 Å². The van der Waals surface area contributed by atoms with Gasteiger partial charge in [0.05, 0.1) is 55.5 Å². The Balaban J connectivity index is 1.11. The summed E-state index contributed by atoms with van der Waals surface area (Å²) in [5.74, 6) is 2.30. The van der Waals surface area contributed by atoms with Crippen LogP contribution in [0.25, 0.3) is 44.1 Å². The lowest BCUT2D eigenvalue weighted by Gasteiger charge is -2.33. The monoisotopic (exact) mass is 587 g/mol. The van der Waals surface area contributed by atoms with E-state index >= 15 is 0 Å². The van der Waals surface area contributed by atoms with Gasteiger partial charge in [0, 0.05) is 48.7 Å². The lowest BCUT2D eigenvalue weighted by molar-refractivity contribution is 0.0213. The van der Waals surface area contributed by atoms with Crippen LogP contribution in [0.3, 0.4) is 0 Å². The number of nitrogens with zero attached hydrogens (tertiary/aromatic N) is 5. The standard InChI is InChI=1S/C34H33N7O3/c1-22-14-31-32(18-28(22)24-3-5-30-27(16-24)21-37-39-30)44-33-17-25(23-2-4-29-26(15-23)20-36-38-29)19-35-34(33)41(31)9-13-43-12-8-40-6-10-42-11-7-40/h2-5,14-21H,6-13H2,1H3,(H,36,38)(H,37,39). The number of morpholine rings is 1. The van der Waals surface area contributed by atoms with E-state index in [-0.39, 0.29) is 0 Å². The summed E-state index contributed by atoms with van der Waals surface area (Å²) in [4.78, 5) is 9.56. The maximum atomic E-state index is 6.64. The number of hydrogen-bond donors (Lipinski definition) is 2. The number of H-pyrrole nitrogens is 2. The van der Waals surface area contributed by atoms with Crippen molar-refractivity contribution in [1.29, 1.82) is 0 Å². The third-order valence-corrected chi connectivity index (χ3v) is 8.54. The molecule has 222 valence electrons. The number of fused-ring (bicyclic) bond motifs is 4. The van der Waals surface area contributed by atoms with E-state index in [4.69, 9.17) is 19.2 Å². The highest BCUT2D eigenvalue weighted by Gasteiger charge is 2.28. The minimum absolute atomic E-state index is 0.571. The Bertz CT molecular complexity index is 1960. The summed E-state index contributed by atoms with van der Waals surface area (Å²) in [6, 6.07) is 19.0. The fourth-order valence-corrected chi connectivity index (χ4v) is 6.12. The predicted octanol–water partition coefficient (Wildman–Crippen LogP) is 6.07. The van der Waals surface area contributed by atoms with E-state index in [9.17, 15) is 0 Å². The molecule has 1 saturated heterocycles. The van der Waals surface area contributed by atoms with E-state index < -0.39 is 0 Å². The molecule has 0 atom stereocenters. The van der Waals surface area contributed by atoms with E-state index in [1.165, 1.54) is 0 Å². The minimum atomic E-state index is 0.571. The molecule has 0 saturated carbocycles. The van der Waals surface area contributed by atoms with Crippen LogP contribution in [0.15, 0.2) is 73.2 Å². The zero-order valence-corrected chi connectivity index (χ0v) is 24.5. The second-order valence-electron chi connectivity index (χ2n) is 11.3. The number of benzene rings is 3. The number of aryl methyl sites for hydroxylation is 1. The second-order valence-corrected chi connectivity index (χ2v) is 11.3. The molecule has 1 fully saturated rings. The van der Waals surface area contributed by atoms with Gasteiger partial charge in [-0.2, -0.15) is 10.2 Å². The molecule has 0 amide bonds. The minimum Gasteiger partial charge on any atom is -0.451 e. The Hall–Kier alpha value is -4.77. The largest absolute Gasteiger partial charge is 0.451 e. The molecule has 8 rings (SSSR count). The van der Waals surface area contributed by atoms with Crippen molar-refractivity contribution in [2.24, 2.45) is 0 Å². The molecule has 0 radical (unpaired) electrons. The first-order valence-corrected chi connectivity index (χ1v) is 15.0. The maximum absolute atomic E-state index is 6.64. The predicted molar refractivity (Wildman–Crippen MR) is 171 cm³/mol. The summed E-state index contributed by atoms with van der Waals surface area (Å²) in [6.07, 6.45) is 5.61. The number of ether oxygens (including phenoxy) is 3. The zero-order chi connectivity index (χ0) is 29.5. The average molecular weight is 588 g/mol. The molecule has 2 aliphatic rings. The molecule has 44 heavy (non-hydrogen) atoms. The molecule has 0 spiro atoms. The lowest BCUT2D eigenvalue weighted by Crippen LogP contribution is -2.38. The number of hydrogen-bond acceptors (Lipinski definition) is 8. The summed E-state index contributed by atoms with van der Waals surface area (Å²) in [7, 11) is 0. The third kappa shape index (κ3) is 5.06. The van der Waals surface area contributed by atoms with Crippen LogP contribution in [-0.4, -0.2) is 82.9 Å². The zero-order valence-electron chi connectivity index (χ0n) is 24.5. The highest BCUT2D eigenvalue weighted by Crippen LogP contribution is 2.48. The second kappa shape index (κ2) is 11.4. The molecule has 0 aliphatic carbocycles. The normalized spacial score (nSPS) is 15.0. The molecular weight excluding hydrogens is 554 g/mol. The molecule has 2 N–H and O–H groups in total. The van der Waals surface area contributed by atoms with Crippen molar-refractivity contribution in [1.82, 2.24) is 30.3 Å². The number of aromatic amines is 2. The molecule has 3 aromatic carbocycles. The Morgan fingerprint density at radius 2 is 1.50 bits per heavy atom. The van der Waals surface area contributed by atoms with Crippen molar-refractivity contribution in [3.05, 3.63) is 78.8 Å². The Morgan fingerprint density at radius 3 is 2.30 bits per heavy atom. The molecule has 2 aliphatic heterocycles. The van der Waals surface area contributed by atoms with Crippen molar-refractivity contribution >= 4 is 33.3 Å². The number of anilines is 2. The summed E-state index contributed by atoms with van der Waals surface area (Å²) in [5, 5.41) is 16.5. The van der Waals surface area contributed by atoms with Gasteiger partial charge >= 0.3 is 0 Å². The van der Waals surface area contributed by atoms with Gasteiger partial charge in [0.2, 0.25) is 0 Å². The summed E-state index contributed by atoms with van der Waals surface area (Å²) in [6.45, 7) is 8.47. The van der Waals surface area contributed by atoms with Crippen molar-refractivity contribution in [2.45, 2.75) is 6.92 Å². The average Bonchev–Trinajstić information content (AvgIpc) is 3.73. The molecule has 5 heterocycles. The highest BCUT2D eigenvalue weighted by molar-refractivity contribution is 5.88. The molecule has 10 nitrogen and oxygen atoms in total. The van der Waals surface area contributed by atoms with Crippen LogP contribution in [0.4, 0.5) is 11.5 Å². The Morgan fingerprint density at radius 1 is 0.773 bits per heavy atom. The molecule has 10 heteroatoms. The maximum Gasteiger partial charge on any atom is 0.176 e. The van der Waals surface area contributed by atoms with Gasteiger partial charge in [-0.1, -0.05) is 12.1 Å². The third-order valence-electron chi connectivity index (χ3n) is 8.54. The van der Waals surface area contributed by atoms with Crippen molar-refractivity contribution in [3.8, 4) is 33.8 Å². The number of nitrogens with one attached hydrogen (secondary N) is 2. The number of aromatic nitrogens is 5. The van der Waals surface area contributed by atoms with Crippen molar-refractivity contribution in [2.75, 3.05) is 57.5 Å². The molecular formula is C34H33N7O3. The van der Waals surface area contributed by atoms with Crippen LogP contribution in [0, 0.1) is 6.92 Å². The van der Waals surface area contributed by atoms with Crippen molar-refractivity contribution < 1.29 is 14.2 Å². The number of rotatable bonds is 8. The van der Waals surface area contributed by atoms with Gasteiger partial charge in [0.15, 0.2) is 17.3 Å². The SMILES string of the molecule is Cc1cc2c(cc1-c1ccc3[nH]ncc3c1)Oc1cc(-c3ccc4[nH]ncc4c3)cnc1N2CCOCCN1CCOCC1. The first-order valence-electron chi connectivity index (χ1n) is 15.0. The van der Waals surface area contributed by atoms with Gasteiger partial charge < -0.3 is 19.1 Å². The van der Waals surface area contributed by atoms with Crippen LogP contribution in [-0.2, 0) is 9.47 Å². The van der Waals surface area contributed by atoms with Crippen molar-refractivity contribution in [3.63, 3.8) is 0 Å². The van der Waals surface area contributed by atoms with E-state index in [2.05, 4.69) is 85.6 Å². The van der Waals surface area contributed by atoms with E-state index in [0.717, 1.165) is 105 Å². The lowest BCUT2D eigenvalue weighted by atomic mass is 9.97. The number of pyridine rings is 1. The van der Waals surface area contributed by atoms with Gasteiger partial charge in [0.1, 0.15) is 0 Å². The van der Waals surface area contributed by atoms with Crippen LogP contribution < -0.4 is 9.64 Å². The fraction of sp³-hybridized carbons (Fsp3) is 0.265. The first kappa shape index (κ1) is 26.8. The van der Waals surface area contributed by atoms with Crippen LogP contribution in [0.2, 0.25) is 0 Å². The van der Waals surface area contributed by atoms with E-state index in [1.54, 1.807) is 0 Å². The topological polar surface area (TPSA) is 104 Å².